The Morgan fingerprint density at radius 3 is 1.16 bits per heavy atom. The van der Waals surface area contributed by atoms with Crippen molar-refractivity contribution in [1.29, 1.82) is 0 Å². The number of aromatic nitrogens is 9. The molecule has 0 saturated carbocycles. The Morgan fingerprint density at radius 1 is 0.447 bits per heavy atom. The summed E-state index contributed by atoms with van der Waals surface area (Å²) in [5, 5.41) is 26.0. The number of rotatable bonds is 16. The molecule has 4 N–H and O–H groups in total. The molecule has 0 atom stereocenters. The summed E-state index contributed by atoms with van der Waals surface area (Å²) < 4.78 is 64.7. The molecule has 0 aliphatic heterocycles. The number of methoxy groups -OCH3 is 2. The number of hydrogen-bond acceptors (Lipinski definition) is 31. The number of phenolic OH excluding ortho intramolecular Hbond substituents is 1. The molecule has 0 spiro atoms. The van der Waals surface area contributed by atoms with Gasteiger partial charge in [0, 0.05) is 102 Å². The van der Waals surface area contributed by atoms with Crippen LogP contribution in [0.3, 0.4) is 0 Å². The van der Waals surface area contributed by atoms with Crippen LogP contribution in [-0.2, 0) is 48.3 Å². The van der Waals surface area contributed by atoms with Gasteiger partial charge in [-0.05, 0) is 321 Å². The van der Waals surface area contributed by atoms with Crippen LogP contribution in [0.2, 0.25) is 0 Å². The Bertz CT molecular complexity index is 6520. The number of anilines is 6. The van der Waals surface area contributed by atoms with Gasteiger partial charge in [0.2, 0.25) is 0 Å². The molecule has 12 aromatic rings. The minimum absolute atomic E-state index is 0.195. The minimum atomic E-state index is -3.10. The summed E-state index contributed by atoms with van der Waals surface area (Å²) >= 11 is 8.88. The van der Waals surface area contributed by atoms with Crippen LogP contribution in [0.5, 0.6) is 17.2 Å². The first-order valence-corrected chi connectivity index (χ1v) is 49.6. The van der Waals surface area contributed by atoms with Crippen molar-refractivity contribution >= 4 is 201 Å². The summed E-state index contributed by atoms with van der Waals surface area (Å²) in [6.07, 6.45) is 15.5. The number of halogens is 2. The lowest BCUT2D eigenvalue weighted by Crippen LogP contribution is -2.34. The van der Waals surface area contributed by atoms with Crippen molar-refractivity contribution in [2.45, 2.75) is 152 Å². The molecule has 33 nitrogen and oxygen atoms in total. The van der Waals surface area contributed by atoms with Crippen LogP contribution >= 0.6 is 86.8 Å². The van der Waals surface area contributed by atoms with Crippen molar-refractivity contribution in [2.24, 2.45) is 0 Å². The second kappa shape index (κ2) is 56.3. The van der Waals surface area contributed by atoms with E-state index in [0.29, 0.717) is 59.7 Å². The van der Waals surface area contributed by atoms with Gasteiger partial charge in [0.05, 0.1) is 58.1 Å². The molecule has 0 radical (unpaired) electrons. The van der Waals surface area contributed by atoms with Gasteiger partial charge in [-0.15, -0.1) is 34.0 Å². The number of benzene rings is 3. The molecule has 0 unspecified atom stereocenters. The number of carbonyl (C=O) groups excluding carboxylic acids is 6. The van der Waals surface area contributed by atoms with Crippen molar-refractivity contribution in [3.63, 3.8) is 0 Å². The zero-order chi connectivity index (χ0) is 104. The predicted octanol–water partition coefficient (Wildman–Crippen LogP) is 22.6. The van der Waals surface area contributed by atoms with Crippen molar-refractivity contribution in [1.82, 2.24) is 44.9 Å². The highest BCUT2D eigenvalue weighted by Crippen LogP contribution is 2.52. The Hall–Kier alpha value is -13.3. The molecule has 0 bridgehead atoms. The van der Waals surface area contributed by atoms with E-state index >= 15 is 0 Å². The van der Waals surface area contributed by atoms with Gasteiger partial charge in [-0.25, -0.2) is 68.8 Å². The fourth-order valence-electron chi connectivity index (χ4n) is 10.4. The summed E-state index contributed by atoms with van der Waals surface area (Å²) in [4.78, 5) is 113. The van der Waals surface area contributed by atoms with Crippen LogP contribution in [0.25, 0.3) is 42.8 Å². The third kappa shape index (κ3) is 44.0. The fraction of sp³-hybridized carbons (Fsp3) is 0.324. The summed E-state index contributed by atoms with van der Waals surface area (Å²) in [7, 11) is 8.44. The molecule has 9 aromatic heterocycles. The van der Waals surface area contributed by atoms with Crippen molar-refractivity contribution in [2.75, 3.05) is 99.5 Å². The lowest BCUT2D eigenvalue weighted by atomic mass is 10.2. The van der Waals surface area contributed by atoms with Crippen molar-refractivity contribution in [3.8, 4) is 64.6 Å². The normalized spacial score (nSPS) is 10.9. The standard InChI is InChI=1S/C23H23N3O3S.C17H13N3OS.C14H18N2O3.C14H16N2O3.C13H18NO4PS.C11H15IN2O2.C10H13IN2O2/c1-23(2,3)29-22(27)26(4)20-13-10-16(15-24-20)8-6-7-9-21-25-18-12-11-17(28-5)14-19(18)30-21;1-18-16-9-6-12(11-19-16)4-2-3-5-17-20-14-8-7-13(21)10-15(14)22-17;2*1-14(2,3)19-13(18)16(4)12-8-7-11(10-15-12)6-5-9-17;1-4-17-19(15,18-5-2)9-13-14-11-7-6-10(16-3)8-12(11)20-13;1-11(2,3)16-10(15)14(4)9-6-5-8(12)7-13-9;1-10(2,3)15-9(14)13-8-5-4-7(11)6-12-8/h7,9-15H,1-5H3;3,5-11,21H,1H3,(H,18,19);7-8,10,17H,9H2,1-4H3;7-10H,1-4H3;6-8H,4-5,9H2,1-3H3;5-7H,1-4H3;4-6H,1-3H3,(H,12,13,14)/b9-7+;5-3+;;;;;. The number of phenols is 1. The number of aliphatic hydroxyl groups excluding tert-OH is 1. The summed E-state index contributed by atoms with van der Waals surface area (Å²) in [5.41, 5.74) is 2.92. The van der Waals surface area contributed by atoms with Gasteiger partial charge in [0.1, 0.15) is 108 Å². The number of hydrogen-bond donors (Lipinski definition) is 4. The maximum absolute atomic E-state index is 12.5. The number of nitrogens with zero attached hydrogens (tertiary/aromatic N) is 13. The smallest absolute Gasteiger partial charge is 0.415 e. The molecule has 39 heteroatoms. The Kier molecular flexibility index (Phi) is 46.5. The average molecular weight is 2220 g/mol. The number of amides is 5. The van der Waals surface area contributed by atoms with Crippen molar-refractivity contribution < 1.29 is 85.8 Å². The molecule has 141 heavy (non-hydrogen) atoms. The first kappa shape index (κ1) is 116. The van der Waals surface area contributed by atoms with Gasteiger partial charge in [-0.3, -0.25) is 34.3 Å². The number of nitrogens with one attached hydrogen (secondary N) is 2. The Morgan fingerprint density at radius 2 is 0.801 bits per heavy atom. The molecule has 0 saturated heterocycles. The summed E-state index contributed by atoms with van der Waals surface area (Å²) in [6.45, 7) is 31.3. The highest BCUT2D eigenvalue weighted by molar-refractivity contribution is 14.1. The van der Waals surface area contributed by atoms with Crippen LogP contribution in [0.1, 0.15) is 155 Å². The number of thiazole rings is 3. The van der Waals surface area contributed by atoms with E-state index in [1.807, 2.05) is 148 Å². The number of carbonyl (C=O) groups is 6. The topological polar surface area (TPSA) is 396 Å². The van der Waals surface area contributed by atoms with Crippen LogP contribution in [0, 0.1) is 54.5 Å². The van der Waals surface area contributed by atoms with E-state index in [2.05, 4.69) is 148 Å². The van der Waals surface area contributed by atoms with Gasteiger partial charge < -0.3 is 57.7 Å². The Labute approximate surface area is 862 Å². The second-order valence-electron chi connectivity index (χ2n) is 34.1. The third-order valence-corrected chi connectivity index (χ3v) is 23.1. The van der Waals surface area contributed by atoms with E-state index in [0.717, 1.165) is 81.3 Å². The number of aromatic hydroxyl groups is 1. The van der Waals surface area contributed by atoms with Crippen LogP contribution in [-0.4, -0.2) is 189 Å². The first-order valence-electron chi connectivity index (χ1n) is 43.3. The third-order valence-electron chi connectivity index (χ3n) is 16.6. The lowest BCUT2D eigenvalue weighted by molar-refractivity contribution is -0.103. The van der Waals surface area contributed by atoms with Crippen LogP contribution in [0.15, 0.2) is 177 Å². The van der Waals surface area contributed by atoms with Gasteiger partial charge >= 0.3 is 38.1 Å². The molecular formula is C102H116I2N15O18PS3. The molecule has 0 aliphatic rings. The van der Waals surface area contributed by atoms with E-state index in [9.17, 15) is 38.4 Å². The van der Waals surface area contributed by atoms with E-state index in [4.69, 9.17) is 47.3 Å². The van der Waals surface area contributed by atoms with Crippen LogP contribution < -0.4 is 39.7 Å². The first-order chi connectivity index (χ1) is 66.4. The monoisotopic (exact) mass is 2220 g/mol. The number of aliphatic hydroxyl groups is 1. The predicted molar refractivity (Wildman–Crippen MR) is 576 cm³/mol. The average Bonchev–Trinajstić information content (AvgIpc) is 1.69. The second-order valence-corrected chi connectivity index (χ2v) is 41.9. The van der Waals surface area contributed by atoms with Crippen LogP contribution in [0.4, 0.5) is 58.9 Å². The van der Waals surface area contributed by atoms with E-state index < -0.39 is 66.1 Å². The van der Waals surface area contributed by atoms with Gasteiger partial charge in [-0.2, -0.15) is 0 Å². The largest absolute Gasteiger partial charge is 0.508 e. The zero-order valence-electron chi connectivity index (χ0n) is 83.0. The van der Waals surface area contributed by atoms with Gasteiger partial charge in [-0.1, -0.05) is 41.4 Å². The maximum atomic E-state index is 12.5. The van der Waals surface area contributed by atoms with Crippen molar-refractivity contribution in [3.05, 3.63) is 221 Å². The summed E-state index contributed by atoms with van der Waals surface area (Å²) in [5.74, 6) is 27.3. The quantitative estimate of drug-likeness (QED) is 0.0229. The zero-order valence-corrected chi connectivity index (χ0v) is 90.6. The summed E-state index contributed by atoms with van der Waals surface area (Å²) in [6, 6.07) is 38.0. The maximum Gasteiger partial charge on any atom is 0.415 e. The Balaban J connectivity index is 0.000000255. The number of aldehydes is 1. The lowest BCUT2D eigenvalue weighted by Gasteiger charge is -2.24. The van der Waals surface area contributed by atoms with E-state index in [-0.39, 0.29) is 18.5 Å². The highest BCUT2D eigenvalue weighted by Gasteiger charge is 2.29. The number of allylic oxidation sites excluding steroid dienone is 2. The minimum Gasteiger partial charge on any atom is -0.508 e. The highest BCUT2D eigenvalue weighted by atomic mass is 127. The molecule has 0 fully saturated rings. The SMILES string of the molecule is CC(C)(C)OC(=O)Nc1ccc(I)cn1.CCOP(=O)(Cc1nc2ccc(OC)cc2s1)OCC.CN(C(=O)OC(C)(C)C)c1ccc(C#CC=O)cn1.CN(C(=O)OC(C)(C)C)c1ccc(C#CCO)cn1.CN(C(=O)OC(C)(C)C)c1ccc(I)cn1.CNc1ccc(C#C/C=C/c2nc3ccc(O)cc3s2)cn1.COc1ccc2nc(/C=C/C#Cc3ccc(N(C)C(=O)OC(C)(C)C)nc3)sc2c1. The number of ether oxygens (including phenoxy) is 7. The van der Waals surface area contributed by atoms with E-state index in [1.54, 1.807) is 213 Å². The molecule has 0 aliphatic carbocycles. The van der Waals surface area contributed by atoms with Gasteiger partial charge in [0.25, 0.3) is 0 Å². The fourth-order valence-corrected chi connectivity index (χ4v) is 15.8. The van der Waals surface area contributed by atoms with E-state index in [1.165, 1.54) is 48.5 Å². The molecule has 12 rings (SSSR count). The number of pyridine rings is 6. The molecule has 9 heterocycles. The number of fused-ring (bicyclic) bond motifs is 3. The van der Waals surface area contributed by atoms with Gasteiger partial charge in [0.15, 0.2) is 6.29 Å². The molecule has 3 aromatic carbocycles. The molecule has 5 amide bonds. The molecular weight excluding hydrogens is 2100 g/mol. The molecule has 744 valence electrons.